The van der Waals surface area contributed by atoms with Crippen molar-refractivity contribution in [3.63, 3.8) is 0 Å². The number of thiophene rings is 1. The summed E-state index contributed by atoms with van der Waals surface area (Å²) in [7, 11) is 0. The molecule has 0 spiro atoms. The Balaban J connectivity index is 1.80. The molecule has 0 bridgehead atoms. The van der Waals surface area contributed by atoms with E-state index in [1.54, 1.807) is 17.7 Å². The van der Waals surface area contributed by atoms with E-state index < -0.39 is 0 Å². The van der Waals surface area contributed by atoms with Crippen LogP contribution in [0.4, 0.5) is 0 Å². The van der Waals surface area contributed by atoms with Crippen LogP contribution in [0.25, 0.3) is 21.3 Å². The van der Waals surface area contributed by atoms with E-state index in [1.165, 1.54) is 17.3 Å². The molecule has 3 heterocycles. The molecule has 2 aromatic heterocycles. The number of cyclic esters (lactones) is 1. The van der Waals surface area contributed by atoms with Crippen LogP contribution >= 0.6 is 23.1 Å². The number of carbonyl (C=O) groups excluding carboxylic acids is 1. The molecule has 1 aliphatic heterocycles. The highest BCUT2D eigenvalue weighted by atomic mass is 32.2. The van der Waals surface area contributed by atoms with Gasteiger partial charge in [0.15, 0.2) is 0 Å². The van der Waals surface area contributed by atoms with Gasteiger partial charge in [-0.25, -0.2) is 9.97 Å². The van der Waals surface area contributed by atoms with Crippen LogP contribution in [0.3, 0.4) is 0 Å². The van der Waals surface area contributed by atoms with Crippen molar-refractivity contribution >= 4 is 39.3 Å². The van der Waals surface area contributed by atoms with Crippen molar-refractivity contribution in [2.75, 3.05) is 6.61 Å². The number of nitrogens with zero attached hydrogens (tertiary/aromatic N) is 2. The molecule has 6 heteroatoms. The van der Waals surface area contributed by atoms with E-state index in [0.717, 1.165) is 32.8 Å². The Kier molecular flexibility index (Phi) is 3.79. The molecule has 0 N–H and O–H groups in total. The molecule has 4 nitrogen and oxygen atoms in total. The molecule has 1 atom stereocenters. The maximum atomic E-state index is 11.8. The molecule has 23 heavy (non-hydrogen) atoms. The van der Waals surface area contributed by atoms with E-state index in [2.05, 4.69) is 46.5 Å². The van der Waals surface area contributed by atoms with Gasteiger partial charge in [-0.15, -0.1) is 11.3 Å². The predicted molar refractivity (Wildman–Crippen MR) is 92.8 cm³/mol. The van der Waals surface area contributed by atoms with Crippen LogP contribution in [-0.2, 0) is 9.53 Å². The number of ether oxygens (including phenoxy) is 1. The van der Waals surface area contributed by atoms with Crippen molar-refractivity contribution in [3.8, 4) is 11.1 Å². The van der Waals surface area contributed by atoms with Crippen LogP contribution in [0, 0.1) is 6.92 Å². The number of rotatable bonds is 3. The highest BCUT2D eigenvalue weighted by Crippen LogP contribution is 2.40. The van der Waals surface area contributed by atoms with E-state index in [-0.39, 0.29) is 11.2 Å². The van der Waals surface area contributed by atoms with Gasteiger partial charge in [-0.2, -0.15) is 0 Å². The molecular formula is C17H14N2O2S2. The summed E-state index contributed by atoms with van der Waals surface area (Å²) in [6.45, 7) is 2.57. The van der Waals surface area contributed by atoms with Gasteiger partial charge in [-0.05, 0) is 12.5 Å². The standard InChI is InChI=1S/C17H14N2O2S2/c1-10-2-4-11(5-3-10)12-8-22-15-14(12)16(19-9-18-15)23-13-6-7-21-17(13)20/h2-5,8-9,13H,6-7H2,1H3/t13-/m1/s1. The van der Waals surface area contributed by atoms with E-state index in [0.29, 0.717) is 6.61 Å². The number of benzene rings is 1. The van der Waals surface area contributed by atoms with E-state index in [9.17, 15) is 4.79 Å². The lowest BCUT2D eigenvalue weighted by atomic mass is 10.1. The van der Waals surface area contributed by atoms with Crippen molar-refractivity contribution in [2.45, 2.75) is 23.6 Å². The number of thioether (sulfide) groups is 1. The first-order valence-corrected chi connectivity index (χ1v) is 9.11. The third-order valence-corrected chi connectivity index (χ3v) is 5.97. The number of fused-ring (bicyclic) bond motifs is 1. The van der Waals surface area contributed by atoms with Gasteiger partial charge in [0.1, 0.15) is 21.4 Å². The molecule has 0 unspecified atom stereocenters. The maximum absolute atomic E-state index is 11.8. The Morgan fingerprint density at radius 1 is 1.26 bits per heavy atom. The Morgan fingerprint density at radius 2 is 2.09 bits per heavy atom. The van der Waals surface area contributed by atoms with Gasteiger partial charge < -0.3 is 4.74 Å². The maximum Gasteiger partial charge on any atom is 0.319 e. The fourth-order valence-corrected chi connectivity index (χ4v) is 4.66. The second-order valence-corrected chi connectivity index (χ2v) is 7.49. The molecule has 0 amide bonds. The summed E-state index contributed by atoms with van der Waals surface area (Å²) >= 11 is 3.09. The van der Waals surface area contributed by atoms with Crippen molar-refractivity contribution in [1.82, 2.24) is 9.97 Å². The first-order chi connectivity index (χ1) is 11.2. The Morgan fingerprint density at radius 3 is 2.83 bits per heavy atom. The molecule has 1 saturated heterocycles. The average Bonchev–Trinajstić information content (AvgIpc) is 3.16. The summed E-state index contributed by atoms with van der Waals surface area (Å²) < 4.78 is 5.06. The molecule has 0 saturated carbocycles. The van der Waals surface area contributed by atoms with Gasteiger partial charge in [0.05, 0.1) is 12.0 Å². The lowest BCUT2D eigenvalue weighted by Gasteiger charge is -2.08. The van der Waals surface area contributed by atoms with Gasteiger partial charge in [-0.1, -0.05) is 41.6 Å². The van der Waals surface area contributed by atoms with Crippen molar-refractivity contribution in [2.24, 2.45) is 0 Å². The van der Waals surface area contributed by atoms with Gasteiger partial charge >= 0.3 is 5.97 Å². The zero-order chi connectivity index (χ0) is 15.8. The van der Waals surface area contributed by atoms with Gasteiger partial charge in [0, 0.05) is 17.4 Å². The van der Waals surface area contributed by atoms with Crippen LogP contribution in [0.5, 0.6) is 0 Å². The topological polar surface area (TPSA) is 52.1 Å². The summed E-state index contributed by atoms with van der Waals surface area (Å²) in [6.07, 6.45) is 2.30. The van der Waals surface area contributed by atoms with Crippen molar-refractivity contribution in [1.29, 1.82) is 0 Å². The van der Waals surface area contributed by atoms with Crippen LogP contribution in [0.1, 0.15) is 12.0 Å². The minimum Gasteiger partial charge on any atom is -0.465 e. The second-order valence-electron chi connectivity index (χ2n) is 5.44. The minimum absolute atomic E-state index is 0.145. The second kappa shape index (κ2) is 5.94. The molecule has 1 fully saturated rings. The molecule has 0 aliphatic carbocycles. The van der Waals surface area contributed by atoms with Crippen LogP contribution in [0.15, 0.2) is 41.0 Å². The molecular weight excluding hydrogens is 328 g/mol. The Bertz CT molecular complexity index is 874. The van der Waals surface area contributed by atoms with Crippen molar-refractivity contribution in [3.05, 3.63) is 41.5 Å². The average molecular weight is 342 g/mol. The third-order valence-electron chi connectivity index (χ3n) is 3.84. The smallest absolute Gasteiger partial charge is 0.319 e. The predicted octanol–water partition coefficient (Wildman–Crippen LogP) is 4.07. The number of hydrogen-bond donors (Lipinski definition) is 0. The van der Waals surface area contributed by atoms with E-state index in [1.807, 2.05) is 0 Å². The highest BCUT2D eigenvalue weighted by molar-refractivity contribution is 8.00. The summed E-state index contributed by atoms with van der Waals surface area (Å²) in [4.78, 5) is 21.5. The molecule has 3 aromatic rings. The SMILES string of the molecule is Cc1ccc(-c2csc3ncnc(S[C@@H]4CCOC4=O)c23)cc1. The summed E-state index contributed by atoms with van der Waals surface area (Å²) in [5.74, 6) is -0.145. The largest absolute Gasteiger partial charge is 0.465 e. The van der Waals surface area contributed by atoms with E-state index >= 15 is 0 Å². The first kappa shape index (κ1) is 14.7. The molecule has 116 valence electrons. The summed E-state index contributed by atoms with van der Waals surface area (Å²) in [5, 5.41) is 3.83. The van der Waals surface area contributed by atoms with E-state index in [4.69, 9.17) is 4.74 Å². The van der Waals surface area contributed by atoms with Gasteiger partial charge in [0.2, 0.25) is 0 Å². The molecule has 4 rings (SSSR count). The summed E-state index contributed by atoms with van der Waals surface area (Å²) in [6, 6.07) is 8.43. The number of esters is 1. The minimum atomic E-state index is -0.168. The van der Waals surface area contributed by atoms with Gasteiger partial charge in [-0.3, -0.25) is 4.79 Å². The van der Waals surface area contributed by atoms with Crippen LogP contribution in [0.2, 0.25) is 0 Å². The number of hydrogen-bond acceptors (Lipinski definition) is 6. The summed E-state index contributed by atoms with van der Waals surface area (Å²) in [5.41, 5.74) is 3.50. The Labute approximate surface area is 141 Å². The Hall–Kier alpha value is -1.92. The van der Waals surface area contributed by atoms with Crippen LogP contribution in [-0.4, -0.2) is 27.8 Å². The third kappa shape index (κ3) is 2.72. The molecule has 1 aromatic carbocycles. The zero-order valence-corrected chi connectivity index (χ0v) is 14.1. The van der Waals surface area contributed by atoms with Gasteiger partial charge in [0.25, 0.3) is 0 Å². The first-order valence-electron chi connectivity index (χ1n) is 7.35. The zero-order valence-electron chi connectivity index (χ0n) is 12.5. The highest BCUT2D eigenvalue weighted by Gasteiger charge is 2.29. The number of aryl methyl sites for hydroxylation is 1. The fourth-order valence-electron chi connectivity index (χ4n) is 2.60. The number of carbonyl (C=O) groups is 1. The lowest BCUT2D eigenvalue weighted by molar-refractivity contribution is -0.137. The van der Waals surface area contributed by atoms with Crippen molar-refractivity contribution < 1.29 is 9.53 Å². The number of aromatic nitrogens is 2. The normalized spacial score (nSPS) is 17.6. The fraction of sp³-hybridized carbons (Fsp3) is 0.235. The lowest BCUT2D eigenvalue weighted by Crippen LogP contribution is -2.09. The quantitative estimate of drug-likeness (QED) is 0.530. The monoisotopic (exact) mass is 342 g/mol. The molecule has 0 radical (unpaired) electrons. The van der Waals surface area contributed by atoms with Crippen LogP contribution < -0.4 is 0 Å². The molecule has 1 aliphatic rings.